The average molecular weight is 550 g/mol. The minimum absolute atomic E-state index is 0. The van der Waals surface area contributed by atoms with E-state index in [9.17, 15) is 0 Å². The van der Waals surface area contributed by atoms with Gasteiger partial charge in [-0.15, -0.1) is 35.3 Å². The number of anilines is 1. The molecule has 0 spiro atoms. The Hall–Kier alpha value is -0.870. The SMILES string of the molecule is CN=C(NCc1sc(C)nc1C)NC1CCN(c2ccc(Br)cc2)C1.I. The first-order valence-electron chi connectivity index (χ1n) is 8.45. The Bertz CT molecular complexity index is 747. The van der Waals surface area contributed by atoms with Gasteiger partial charge in [0.1, 0.15) is 0 Å². The van der Waals surface area contributed by atoms with Crippen LogP contribution < -0.4 is 15.5 Å². The fourth-order valence-corrected chi connectivity index (χ4v) is 4.20. The van der Waals surface area contributed by atoms with Crippen molar-refractivity contribution in [2.75, 3.05) is 25.0 Å². The molecule has 0 saturated carbocycles. The Morgan fingerprint density at radius 2 is 2.08 bits per heavy atom. The van der Waals surface area contributed by atoms with Gasteiger partial charge < -0.3 is 15.5 Å². The zero-order chi connectivity index (χ0) is 17.8. The molecular formula is C18H25BrIN5S. The molecule has 1 aliphatic rings. The predicted molar refractivity (Wildman–Crippen MR) is 125 cm³/mol. The summed E-state index contributed by atoms with van der Waals surface area (Å²) in [7, 11) is 1.82. The van der Waals surface area contributed by atoms with Crippen LogP contribution in [-0.4, -0.2) is 37.1 Å². The van der Waals surface area contributed by atoms with E-state index in [0.717, 1.165) is 47.2 Å². The molecule has 0 radical (unpaired) electrons. The maximum absolute atomic E-state index is 4.48. The van der Waals surface area contributed by atoms with Crippen LogP contribution in [0.3, 0.4) is 0 Å². The van der Waals surface area contributed by atoms with E-state index in [1.807, 2.05) is 14.0 Å². The molecule has 1 aliphatic heterocycles. The lowest BCUT2D eigenvalue weighted by Gasteiger charge is -2.20. The van der Waals surface area contributed by atoms with Crippen molar-refractivity contribution in [3.8, 4) is 0 Å². The minimum Gasteiger partial charge on any atom is -0.369 e. The molecule has 0 amide bonds. The van der Waals surface area contributed by atoms with E-state index in [1.165, 1.54) is 10.6 Å². The van der Waals surface area contributed by atoms with Gasteiger partial charge in [-0.25, -0.2) is 4.98 Å². The summed E-state index contributed by atoms with van der Waals surface area (Å²) >= 11 is 5.23. The summed E-state index contributed by atoms with van der Waals surface area (Å²) in [5.41, 5.74) is 2.37. The first-order valence-corrected chi connectivity index (χ1v) is 10.1. The topological polar surface area (TPSA) is 52.6 Å². The zero-order valence-electron chi connectivity index (χ0n) is 15.3. The van der Waals surface area contributed by atoms with E-state index in [2.05, 4.69) is 72.6 Å². The fourth-order valence-electron chi connectivity index (χ4n) is 3.05. The second-order valence-electron chi connectivity index (χ2n) is 6.22. The van der Waals surface area contributed by atoms with Crippen molar-refractivity contribution in [3.05, 3.63) is 44.3 Å². The van der Waals surface area contributed by atoms with Gasteiger partial charge >= 0.3 is 0 Å². The van der Waals surface area contributed by atoms with Gasteiger partial charge in [0.25, 0.3) is 0 Å². The number of hydrogen-bond acceptors (Lipinski definition) is 4. The van der Waals surface area contributed by atoms with E-state index < -0.39 is 0 Å². The first-order chi connectivity index (χ1) is 12.0. The van der Waals surface area contributed by atoms with Crippen molar-refractivity contribution in [3.63, 3.8) is 0 Å². The second-order valence-corrected chi connectivity index (χ2v) is 8.42. The van der Waals surface area contributed by atoms with E-state index >= 15 is 0 Å². The Balaban J connectivity index is 0.00000243. The minimum atomic E-state index is 0. The monoisotopic (exact) mass is 549 g/mol. The number of aryl methyl sites for hydroxylation is 2. The van der Waals surface area contributed by atoms with Crippen LogP contribution in [-0.2, 0) is 6.54 Å². The summed E-state index contributed by atoms with van der Waals surface area (Å²) in [6.07, 6.45) is 1.11. The van der Waals surface area contributed by atoms with Gasteiger partial charge in [-0.1, -0.05) is 15.9 Å². The van der Waals surface area contributed by atoms with Gasteiger partial charge in [0, 0.05) is 41.2 Å². The quantitative estimate of drug-likeness (QED) is 0.343. The molecule has 1 saturated heterocycles. The maximum Gasteiger partial charge on any atom is 0.191 e. The molecule has 2 N–H and O–H groups in total. The number of aliphatic imine (C=N–C) groups is 1. The molecule has 5 nitrogen and oxygen atoms in total. The highest BCUT2D eigenvalue weighted by atomic mass is 127. The third kappa shape index (κ3) is 5.56. The van der Waals surface area contributed by atoms with Crippen molar-refractivity contribution in [2.45, 2.75) is 32.9 Å². The molecule has 2 heterocycles. The summed E-state index contributed by atoms with van der Waals surface area (Å²) in [4.78, 5) is 12.5. The summed E-state index contributed by atoms with van der Waals surface area (Å²) < 4.78 is 1.11. The van der Waals surface area contributed by atoms with E-state index in [-0.39, 0.29) is 24.0 Å². The normalized spacial score (nSPS) is 17.2. The fraction of sp³-hybridized carbons (Fsp3) is 0.444. The number of guanidine groups is 1. The molecule has 1 unspecified atom stereocenters. The largest absolute Gasteiger partial charge is 0.369 e. The molecule has 8 heteroatoms. The van der Waals surface area contributed by atoms with Gasteiger partial charge in [0.2, 0.25) is 0 Å². The number of aromatic nitrogens is 1. The highest BCUT2D eigenvalue weighted by Crippen LogP contribution is 2.22. The van der Waals surface area contributed by atoms with Crippen LogP contribution in [0.5, 0.6) is 0 Å². The van der Waals surface area contributed by atoms with Gasteiger partial charge in [0.15, 0.2) is 5.96 Å². The van der Waals surface area contributed by atoms with E-state index in [1.54, 1.807) is 11.3 Å². The van der Waals surface area contributed by atoms with Crippen LogP contribution in [0, 0.1) is 13.8 Å². The molecule has 0 aliphatic carbocycles. The molecule has 1 aromatic heterocycles. The lowest BCUT2D eigenvalue weighted by atomic mass is 10.2. The molecular weight excluding hydrogens is 525 g/mol. The van der Waals surface area contributed by atoms with Crippen molar-refractivity contribution < 1.29 is 0 Å². The van der Waals surface area contributed by atoms with Gasteiger partial charge in [-0.3, -0.25) is 4.99 Å². The molecule has 142 valence electrons. The van der Waals surface area contributed by atoms with Crippen LogP contribution in [0.4, 0.5) is 5.69 Å². The Morgan fingerprint density at radius 1 is 1.35 bits per heavy atom. The van der Waals surface area contributed by atoms with Crippen molar-refractivity contribution >= 4 is 62.9 Å². The third-order valence-corrected chi connectivity index (χ3v) is 5.96. The summed E-state index contributed by atoms with van der Waals surface area (Å²) in [6.45, 7) is 6.91. The van der Waals surface area contributed by atoms with Gasteiger partial charge in [-0.2, -0.15) is 0 Å². The zero-order valence-corrected chi connectivity index (χ0v) is 20.0. The molecule has 1 fully saturated rings. The lowest BCUT2D eigenvalue weighted by Crippen LogP contribution is -2.44. The highest BCUT2D eigenvalue weighted by Gasteiger charge is 2.23. The molecule has 1 atom stereocenters. The van der Waals surface area contributed by atoms with Crippen molar-refractivity contribution in [2.24, 2.45) is 4.99 Å². The first kappa shape index (κ1) is 21.4. The van der Waals surface area contributed by atoms with Crippen LogP contribution in [0.25, 0.3) is 0 Å². The molecule has 26 heavy (non-hydrogen) atoms. The number of hydrogen-bond donors (Lipinski definition) is 2. The van der Waals surface area contributed by atoms with E-state index in [0.29, 0.717) is 6.04 Å². The third-order valence-electron chi connectivity index (χ3n) is 4.36. The molecule has 1 aromatic carbocycles. The maximum atomic E-state index is 4.48. The van der Waals surface area contributed by atoms with Crippen molar-refractivity contribution in [1.82, 2.24) is 15.6 Å². The van der Waals surface area contributed by atoms with Crippen LogP contribution in [0.2, 0.25) is 0 Å². The Morgan fingerprint density at radius 3 is 2.69 bits per heavy atom. The number of rotatable bonds is 4. The standard InChI is InChI=1S/C18H24BrN5S.HI/c1-12-17(25-13(2)22-12)10-21-18(20-3)23-15-8-9-24(11-15)16-6-4-14(19)5-7-16;/h4-7,15H,8-11H2,1-3H3,(H2,20,21,23);1H. The summed E-state index contributed by atoms with van der Waals surface area (Å²) in [6, 6.07) is 8.91. The molecule has 0 bridgehead atoms. The van der Waals surface area contributed by atoms with Gasteiger partial charge in [0.05, 0.1) is 17.2 Å². The van der Waals surface area contributed by atoms with Crippen molar-refractivity contribution in [1.29, 1.82) is 0 Å². The number of nitrogens with one attached hydrogen (secondary N) is 2. The Kier molecular flexibility index (Phi) is 8.15. The van der Waals surface area contributed by atoms with Crippen LogP contribution >= 0.6 is 51.2 Å². The Labute approximate surface area is 184 Å². The smallest absolute Gasteiger partial charge is 0.191 e. The predicted octanol–water partition coefficient (Wildman–Crippen LogP) is 4.08. The number of benzene rings is 1. The number of thiazole rings is 1. The highest BCUT2D eigenvalue weighted by molar-refractivity contribution is 14.0. The summed E-state index contributed by atoms with van der Waals surface area (Å²) in [5, 5.41) is 8.07. The lowest BCUT2D eigenvalue weighted by molar-refractivity contribution is 0.649. The van der Waals surface area contributed by atoms with Crippen LogP contribution in [0.15, 0.2) is 33.7 Å². The molecule has 2 aromatic rings. The molecule has 3 rings (SSSR count). The number of nitrogens with zero attached hydrogens (tertiary/aromatic N) is 3. The van der Waals surface area contributed by atoms with E-state index in [4.69, 9.17) is 0 Å². The average Bonchev–Trinajstić information content (AvgIpc) is 3.18. The van der Waals surface area contributed by atoms with Gasteiger partial charge in [-0.05, 0) is 44.5 Å². The summed E-state index contributed by atoms with van der Waals surface area (Å²) in [5.74, 6) is 0.855. The van der Waals surface area contributed by atoms with Crippen LogP contribution in [0.1, 0.15) is 22.0 Å². The second kappa shape index (κ2) is 9.89. The number of halogens is 2.